The van der Waals surface area contributed by atoms with Crippen LogP contribution < -0.4 is 10.6 Å². The number of hydrogen-bond donors (Lipinski definition) is 2. The van der Waals surface area contributed by atoms with Crippen molar-refractivity contribution in [3.05, 3.63) is 65.0 Å². The van der Waals surface area contributed by atoms with Crippen molar-refractivity contribution < 1.29 is 0 Å². The molecule has 1 aliphatic carbocycles. The zero-order chi connectivity index (χ0) is 18.8. The third-order valence-corrected chi connectivity index (χ3v) is 5.82. The van der Waals surface area contributed by atoms with Gasteiger partial charge in [-0.15, -0.1) is 0 Å². The number of hydrogen-bond acceptors (Lipinski definition) is 2. The highest BCUT2D eigenvalue weighted by Crippen LogP contribution is 2.34. The van der Waals surface area contributed by atoms with Gasteiger partial charge in [0.05, 0.1) is 0 Å². The summed E-state index contributed by atoms with van der Waals surface area (Å²) < 4.78 is 0. The molecule has 2 nitrogen and oxygen atoms in total. The monoisotopic (exact) mass is 360 g/mol. The second kappa shape index (κ2) is 7.80. The van der Waals surface area contributed by atoms with E-state index in [9.17, 15) is 0 Å². The fourth-order valence-corrected chi connectivity index (χ4v) is 3.91. The van der Waals surface area contributed by atoms with Crippen LogP contribution in [0.4, 0.5) is 0 Å². The maximum Gasteiger partial charge on any atom is 0.105 e. The van der Waals surface area contributed by atoms with Crippen molar-refractivity contribution in [2.45, 2.75) is 46.5 Å². The molecule has 4 rings (SSSR count). The Morgan fingerprint density at radius 2 is 1.93 bits per heavy atom. The van der Waals surface area contributed by atoms with E-state index >= 15 is 0 Å². The highest BCUT2D eigenvalue weighted by atomic mass is 15.1. The smallest absolute Gasteiger partial charge is 0.105 e. The molecule has 0 amide bonds. The van der Waals surface area contributed by atoms with Gasteiger partial charge in [0.2, 0.25) is 0 Å². The summed E-state index contributed by atoms with van der Waals surface area (Å²) in [6.45, 7) is 8.67. The van der Waals surface area contributed by atoms with Crippen LogP contribution in [0.15, 0.2) is 53.9 Å². The molecule has 0 aromatic heterocycles. The van der Waals surface area contributed by atoms with Gasteiger partial charge in [-0.25, -0.2) is 0 Å². The summed E-state index contributed by atoms with van der Waals surface area (Å²) in [4.78, 5) is 0. The quantitative estimate of drug-likeness (QED) is 0.636. The van der Waals surface area contributed by atoms with Crippen LogP contribution in [0, 0.1) is 11.8 Å². The molecular formula is C25H32N2. The number of allylic oxidation sites excluding steroid dienone is 1. The van der Waals surface area contributed by atoms with Crippen LogP contribution in [-0.2, 0) is 6.42 Å². The molecule has 2 N–H and O–H groups in total. The lowest BCUT2D eigenvalue weighted by molar-refractivity contribution is 0.538. The van der Waals surface area contributed by atoms with Crippen LogP contribution in [-0.4, -0.2) is 13.1 Å². The molecule has 1 saturated carbocycles. The minimum absolute atomic E-state index is 0.730. The van der Waals surface area contributed by atoms with Crippen LogP contribution in [0.3, 0.4) is 0 Å². The van der Waals surface area contributed by atoms with Crippen LogP contribution in [0.1, 0.15) is 51.2 Å². The van der Waals surface area contributed by atoms with Gasteiger partial charge in [-0.1, -0.05) is 50.3 Å². The normalized spacial score (nSPS) is 17.3. The Balaban J connectivity index is 1.54. The van der Waals surface area contributed by atoms with Crippen molar-refractivity contribution in [2.75, 3.05) is 13.1 Å². The average molecular weight is 361 g/mol. The Bertz CT molecular complexity index is 884. The van der Waals surface area contributed by atoms with E-state index in [2.05, 4.69) is 73.9 Å². The van der Waals surface area contributed by atoms with Crippen LogP contribution in [0.5, 0.6) is 0 Å². The summed E-state index contributed by atoms with van der Waals surface area (Å²) >= 11 is 0. The van der Waals surface area contributed by atoms with Crippen molar-refractivity contribution >= 4 is 16.3 Å². The fraction of sp³-hybridized carbons (Fsp3) is 0.440. The van der Waals surface area contributed by atoms with Crippen LogP contribution >= 0.6 is 0 Å². The first-order chi connectivity index (χ1) is 13.1. The molecule has 0 unspecified atom stereocenters. The number of rotatable bonds is 8. The lowest BCUT2D eigenvalue weighted by atomic mass is 9.92. The molecule has 0 bridgehead atoms. The van der Waals surface area contributed by atoms with E-state index in [1.54, 1.807) is 0 Å². The van der Waals surface area contributed by atoms with Crippen molar-refractivity contribution in [2.24, 2.45) is 11.8 Å². The van der Waals surface area contributed by atoms with Gasteiger partial charge in [0.1, 0.15) is 5.82 Å². The Morgan fingerprint density at radius 3 is 2.59 bits per heavy atom. The third kappa shape index (κ3) is 4.21. The first-order valence-electron chi connectivity index (χ1n) is 10.5. The summed E-state index contributed by atoms with van der Waals surface area (Å²) in [5.41, 5.74) is 5.57. The molecular weight excluding hydrogens is 328 g/mol. The summed E-state index contributed by atoms with van der Waals surface area (Å²) in [6, 6.07) is 13.9. The molecule has 2 aliphatic rings. The van der Waals surface area contributed by atoms with Gasteiger partial charge in [0.15, 0.2) is 0 Å². The van der Waals surface area contributed by atoms with Crippen molar-refractivity contribution in [3.8, 4) is 0 Å². The summed E-state index contributed by atoms with van der Waals surface area (Å²) in [5, 5.41) is 9.74. The highest BCUT2D eigenvalue weighted by Gasteiger charge is 2.22. The number of nitrogens with one attached hydrogen (secondary N) is 2. The van der Waals surface area contributed by atoms with Gasteiger partial charge >= 0.3 is 0 Å². The maximum atomic E-state index is 3.58. The van der Waals surface area contributed by atoms with Gasteiger partial charge in [0.25, 0.3) is 0 Å². The van der Waals surface area contributed by atoms with E-state index in [1.165, 1.54) is 64.5 Å². The predicted octanol–water partition coefficient (Wildman–Crippen LogP) is 5.65. The van der Waals surface area contributed by atoms with Crippen LogP contribution in [0.2, 0.25) is 0 Å². The second-order valence-electron chi connectivity index (χ2n) is 8.56. The van der Waals surface area contributed by atoms with Gasteiger partial charge in [-0.05, 0) is 78.0 Å². The van der Waals surface area contributed by atoms with E-state index < -0.39 is 0 Å². The molecule has 142 valence electrons. The van der Waals surface area contributed by atoms with Gasteiger partial charge in [0, 0.05) is 18.7 Å². The van der Waals surface area contributed by atoms with Gasteiger partial charge < -0.3 is 10.6 Å². The van der Waals surface area contributed by atoms with E-state index in [0.717, 1.165) is 24.9 Å². The van der Waals surface area contributed by atoms with Crippen molar-refractivity contribution in [3.63, 3.8) is 0 Å². The average Bonchev–Trinajstić information content (AvgIpc) is 3.45. The Morgan fingerprint density at radius 1 is 1.15 bits per heavy atom. The lowest BCUT2D eigenvalue weighted by Crippen LogP contribution is -2.40. The van der Waals surface area contributed by atoms with E-state index in [1.807, 2.05) is 0 Å². The van der Waals surface area contributed by atoms with E-state index in [0.29, 0.717) is 0 Å². The van der Waals surface area contributed by atoms with Crippen molar-refractivity contribution in [1.82, 2.24) is 10.6 Å². The maximum absolute atomic E-state index is 3.58. The molecule has 0 saturated heterocycles. The second-order valence-corrected chi connectivity index (χ2v) is 8.56. The standard InChI is InChI=1S/C25H32N2/c1-4-23(24-16-27-25(24)26-12-11-17(2)3)22-10-9-20-14-19(13-18-5-6-18)7-8-21(20)15-22/h4,7-10,14-15,17-18,26-27H,5-6,11-13,16H2,1-3H3/b23-4-. The van der Waals surface area contributed by atoms with Gasteiger partial charge in [-0.2, -0.15) is 0 Å². The molecule has 1 aliphatic heterocycles. The van der Waals surface area contributed by atoms with E-state index in [4.69, 9.17) is 0 Å². The Kier molecular flexibility index (Phi) is 5.24. The first kappa shape index (κ1) is 18.2. The SMILES string of the molecule is C/C=C(\C1=C(NCCC(C)C)NC1)c1ccc2cc(CC3CC3)ccc2c1. The zero-order valence-electron chi connectivity index (χ0n) is 16.9. The Hall–Kier alpha value is -2.22. The molecule has 0 atom stereocenters. The molecule has 2 heteroatoms. The molecule has 2 aromatic carbocycles. The largest absolute Gasteiger partial charge is 0.372 e. The molecule has 1 fully saturated rings. The summed E-state index contributed by atoms with van der Waals surface area (Å²) in [6.07, 6.45) is 7.53. The predicted molar refractivity (Wildman–Crippen MR) is 117 cm³/mol. The number of fused-ring (bicyclic) bond motifs is 1. The number of benzene rings is 2. The summed E-state index contributed by atoms with van der Waals surface area (Å²) in [5.74, 6) is 2.88. The van der Waals surface area contributed by atoms with Crippen molar-refractivity contribution in [1.29, 1.82) is 0 Å². The molecule has 1 heterocycles. The zero-order valence-corrected chi connectivity index (χ0v) is 16.9. The molecule has 27 heavy (non-hydrogen) atoms. The minimum Gasteiger partial charge on any atom is -0.372 e. The lowest BCUT2D eigenvalue weighted by Gasteiger charge is -2.29. The topological polar surface area (TPSA) is 24.1 Å². The molecule has 0 spiro atoms. The van der Waals surface area contributed by atoms with Gasteiger partial charge in [-0.3, -0.25) is 0 Å². The summed E-state index contributed by atoms with van der Waals surface area (Å²) in [7, 11) is 0. The highest BCUT2D eigenvalue weighted by molar-refractivity contribution is 5.90. The van der Waals surface area contributed by atoms with Crippen LogP contribution in [0.25, 0.3) is 16.3 Å². The molecule has 0 radical (unpaired) electrons. The minimum atomic E-state index is 0.730. The Labute approximate surface area is 163 Å². The first-order valence-corrected chi connectivity index (χ1v) is 10.5. The fourth-order valence-electron chi connectivity index (χ4n) is 3.91. The van der Waals surface area contributed by atoms with E-state index in [-0.39, 0.29) is 0 Å². The molecule has 2 aromatic rings. The third-order valence-electron chi connectivity index (χ3n) is 5.82.